The van der Waals surface area contributed by atoms with Gasteiger partial charge < -0.3 is 0 Å². The first-order valence-electron chi connectivity index (χ1n) is 12.4. The number of thiophene rings is 1. The van der Waals surface area contributed by atoms with E-state index in [9.17, 15) is 0 Å². The molecular weight excluding hydrogens is 502 g/mol. The lowest BCUT2D eigenvalue weighted by Gasteiger charge is -2.26. The van der Waals surface area contributed by atoms with Gasteiger partial charge in [-0.1, -0.05) is 152 Å². The zero-order valence-corrected chi connectivity index (χ0v) is 22.9. The molecule has 0 aliphatic carbocycles. The highest BCUT2D eigenvalue weighted by molar-refractivity contribution is 7.86. The fourth-order valence-corrected chi connectivity index (χ4v) is 11.8. The summed E-state index contributed by atoms with van der Waals surface area (Å²) >= 11 is 1.90. The van der Waals surface area contributed by atoms with Gasteiger partial charge in [-0.25, -0.2) is 0 Å². The zero-order chi connectivity index (χ0) is 24.9. The normalized spacial score (nSPS) is 11.2. The van der Waals surface area contributed by atoms with E-state index < -0.39 is 15.8 Å². The van der Waals surface area contributed by atoms with Crippen LogP contribution in [-0.4, -0.2) is 0 Å². The predicted molar refractivity (Wildman–Crippen MR) is 167 cm³/mol. The lowest BCUT2D eigenvalue weighted by atomic mass is 10.2. The summed E-state index contributed by atoms with van der Waals surface area (Å²) in [6.45, 7) is 0. The minimum atomic E-state index is -0.761. The highest BCUT2D eigenvalue weighted by atomic mass is 32.1. The van der Waals surface area contributed by atoms with Gasteiger partial charge in [0, 0.05) is 20.9 Å². The maximum Gasteiger partial charge on any atom is 0.0433 e. The fraction of sp³-hybridized carbons (Fsp3) is 0. The Balaban J connectivity index is 1.67. The third-order valence-electron chi connectivity index (χ3n) is 6.30. The van der Waals surface area contributed by atoms with Crippen molar-refractivity contribution < 1.29 is 0 Å². The molecule has 0 N–H and O–H groups in total. The van der Waals surface area contributed by atoms with Crippen molar-refractivity contribution in [3.63, 3.8) is 0 Å². The van der Waals surface area contributed by atoms with Crippen molar-refractivity contribution in [3.8, 4) is 10.4 Å². The molecule has 0 atom stereocenters. The van der Waals surface area contributed by atoms with Gasteiger partial charge in [-0.15, -0.1) is 11.3 Å². The average Bonchev–Trinajstić information content (AvgIpc) is 3.40. The molecule has 3 heteroatoms. The third kappa shape index (κ3) is 5.09. The van der Waals surface area contributed by atoms with Crippen molar-refractivity contribution in [3.05, 3.63) is 157 Å². The molecule has 0 aliphatic heterocycles. The molecule has 0 spiro atoms. The number of hydrogen-bond donors (Lipinski definition) is 0. The maximum absolute atomic E-state index is 2.45. The van der Waals surface area contributed by atoms with E-state index in [-0.39, 0.29) is 0 Å². The predicted octanol–water partition coefficient (Wildman–Crippen LogP) is 6.93. The summed E-state index contributed by atoms with van der Waals surface area (Å²) in [5, 5.41) is 11.0. The van der Waals surface area contributed by atoms with E-state index in [0.717, 1.165) is 0 Å². The quantitative estimate of drug-likeness (QED) is 0.197. The minimum Gasteiger partial charge on any atom is -0.142 e. The number of rotatable bonds is 7. The molecule has 178 valence electrons. The molecule has 0 unspecified atom stereocenters. The van der Waals surface area contributed by atoms with E-state index in [4.69, 9.17) is 0 Å². The number of hydrogen-bond acceptors (Lipinski definition) is 1. The van der Waals surface area contributed by atoms with Crippen LogP contribution in [0.4, 0.5) is 0 Å². The van der Waals surface area contributed by atoms with Crippen LogP contribution in [0, 0.1) is 0 Å². The van der Waals surface area contributed by atoms with E-state index in [1.54, 1.807) is 0 Å². The molecular formula is C34H26P2S. The van der Waals surface area contributed by atoms with Crippen LogP contribution in [0.15, 0.2) is 157 Å². The maximum atomic E-state index is 2.45. The molecule has 0 saturated heterocycles. The lowest BCUT2D eigenvalue weighted by molar-refractivity contribution is 1.71. The van der Waals surface area contributed by atoms with Gasteiger partial charge in [-0.05, 0) is 42.6 Å². The van der Waals surface area contributed by atoms with E-state index in [0.29, 0.717) is 0 Å². The Morgan fingerprint density at radius 3 is 1.14 bits per heavy atom. The first-order valence-corrected chi connectivity index (χ1v) is 15.9. The number of benzene rings is 5. The molecule has 0 bridgehead atoms. The molecule has 0 radical (unpaired) electrons. The molecule has 6 rings (SSSR count). The Bertz CT molecular complexity index is 1470. The van der Waals surface area contributed by atoms with Gasteiger partial charge in [0.2, 0.25) is 0 Å². The molecule has 0 saturated carbocycles. The van der Waals surface area contributed by atoms with Crippen LogP contribution in [0.2, 0.25) is 0 Å². The first-order chi connectivity index (χ1) is 18.4. The van der Waals surface area contributed by atoms with Crippen molar-refractivity contribution in [2.24, 2.45) is 0 Å². The summed E-state index contributed by atoms with van der Waals surface area (Å²) in [7, 11) is -1.48. The Labute approximate surface area is 225 Å². The molecule has 1 heterocycles. The Morgan fingerprint density at radius 2 is 0.730 bits per heavy atom. The minimum absolute atomic E-state index is 0.723. The lowest BCUT2D eigenvalue weighted by Crippen LogP contribution is -2.33. The highest BCUT2D eigenvalue weighted by Gasteiger charge is 2.30. The largest absolute Gasteiger partial charge is 0.142 e. The van der Waals surface area contributed by atoms with Gasteiger partial charge in [0.1, 0.15) is 0 Å². The SMILES string of the molecule is c1ccc(-c2scc(P(c3ccccc3)c3ccccc3)c2P(c2ccccc2)c2ccccc2)cc1. The van der Waals surface area contributed by atoms with E-state index in [1.807, 2.05) is 11.3 Å². The molecule has 1 aromatic heterocycles. The standard InChI is InChI=1S/C34H26P2S/c1-6-16-27(17-7-1)34-33(36(30-22-12-4-13-23-30)31-24-14-5-15-25-31)32(26-37-34)35(28-18-8-2-9-19-28)29-20-10-3-11-21-29/h1-26H. The van der Waals surface area contributed by atoms with Crippen molar-refractivity contribution in [1.29, 1.82) is 0 Å². The smallest absolute Gasteiger partial charge is 0.0433 e. The fourth-order valence-electron chi connectivity index (χ4n) is 4.65. The monoisotopic (exact) mass is 528 g/mol. The second-order valence-electron chi connectivity index (χ2n) is 8.68. The molecule has 6 aromatic rings. The molecule has 5 aromatic carbocycles. The van der Waals surface area contributed by atoms with Gasteiger partial charge in [0.15, 0.2) is 0 Å². The summed E-state index contributed by atoms with van der Waals surface area (Å²) in [6, 6.07) is 55.3. The summed E-state index contributed by atoms with van der Waals surface area (Å²) in [5.41, 5.74) is 1.30. The summed E-state index contributed by atoms with van der Waals surface area (Å²) < 4.78 is 0. The molecule has 0 aliphatic rings. The third-order valence-corrected chi connectivity index (χ3v) is 12.8. The summed E-state index contributed by atoms with van der Waals surface area (Å²) in [5.74, 6) is 0. The van der Waals surface area contributed by atoms with E-state index >= 15 is 0 Å². The van der Waals surface area contributed by atoms with Crippen LogP contribution in [0.1, 0.15) is 0 Å². The van der Waals surface area contributed by atoms with Gasteiger partial charge in [-0.2, -0.15) is 0 Å². The van der Waals surface area contributed by atoms with Crippen molar-refractivity contribution in [2.45, 2.75) is 0 Å². The molecule has 0 fully saturated rings. The van der Waals surface area contributed by atoms with Crippen LogP contribution >= 0.6 is 27.2 Å². The van der Waals surface area contributed by atoms with Crippen molar-refractivity contribution >= 4 is 59.0 Å². The van der Waals surface area contributed by atoms with Gasteiger partial charge >= 0.3 is 0 Å². The van der Waals surface area contributed by atoms with Crippen LogP contribution in [0.25, 0.3) is 10.4 Å². The van der Waals surface area contributed by atoms with Crippen molar-refractivity contribution in [2.75, 3.05) is 0 Å². The van der Waals surface area contributed by atoms with Crippen LogP contribution in [-0.2, 0) is 0 Å². The Kier molecular flexibility index (Phi) is 7.38. The average molecular weight is 529 g/mol. The Morgan fingerprint density at radius 1 is 0.378 bits per heavy atom. The zero-order valence-electron chi connectivity index (χ0n) is 20.3. The topological polar surface area (TPSA) is 0 Å². The van der Waals surface area contributed by atoms with Crippen LogP contribution < -0.4 is 31.8 Å². The van der Waals surface area contributed by atoms with E-state index in [2.05, 4.69) is 157 Å². The van der Waals surface area contributed by atoms with Gasteiger partial charge in [0.05, 0.1) is 0 Å². The first kappa shape index (κ1) is 24.0. The second-order valence-corrected chi connectivity index (χ2v) is 13.9. The van der Waals surface area contributed by atoms with Crippen LogP contribution in [0.5, 0.6) is 0 Å². The second kappa shape index (κ2) is 11.4. The van der Waals surface area contributed by atoms with Gasteiger partial charge in [-0.3, -0.25) is 0 Å². The van der Waals surface area contributed by atoms with Crippen LogP contribution in [0.3, 0.4) is 0 Å². The molecule has 37 heavy (non-hydrogen) atoms. The Hall–Kier alpha value is -3.34. The van der Waals surface area contributed by atoms with E-state index in [1.165, 1.54) is 42.3 Å². The summed E-state index contributed by atoms with van der Waals surface area (Å²) in [4.78, 5) is 1.38. The molecule has 0 amide bonds. The highest BCUT2D eigenvalue weighted by Crippen LogP contribution is 2.44. The van der Waals surface area contributed by atoms with Crippen molar-refractivity contribution in [1.82, 2.24) is 0 Å². The van der Waals surface area contributed by atoms with Gasteiger partial charge in [0.25, 0.3) is 0 Å². The summed E-state index contributed by atoms with van der Waals surface area (Å²) in [6.07, 6.45) is 0. The molecule has 0 nitrogen and oxygen atoms in total.